The first-order chi connectivity index (χ1) is 11.6. The van der Waals surface area contributed by atoms with Gasteiger partial charge < -0.3 is 16.0 Å². The van der Waals surface area contributed by atoms with Crippen LogP contribution in [0.4, 0.5) is 5.69 Å². The zero-order valence-corrected chi connectivity index (χ0v) is 13.3. The molecule has 124 valence electrons. The summed E-state index contributed by atoms with van der Waals surface area (Å²) < 4.78 is 0. The highest BCUT2D eigenvalue weighted by molar-refractivity contribution is 5.93. The number of carbonyl (C=O) groups excluding carboxylic acids is 2. The molecule has 0 bridgehead atoms. The predicted molar refractivity (Wildman–Crippen MR) is 91.4 cm³/mol. The molecule has 24 heavy (non-hydrogen) atoms. The summed E-state index contributed by atoms with van der Waals surface area (Å²) in [7, 11) is 0. The summed E-state index contributed by atoms with van der Waals surface area (Å²) in [4.78, 5) is 29.8. The predicted octanol–water partition coefficient (Wildman–Crippen LogP) is 1.32. The van der Waals surface area contributed by atoms with E-state index in [1.54, 1.807) is 12.3 Å². The van der Waals surface area contributed by atoms with Crippen LogP contribution >= 0.6 is 0 Å². The molecular weight excluding hydrogens is 304 g/mol. The lowest BCUT2D eigenvalue weighted by Gasteiger charge is -2.18. The fourth-order valence-electron chi connectivity index (χ4n) is 2.84. The van der Waals surface area contributed by atoms with Gasteiger partial charge in [0, 0.05) is 31.5 Å². The van der Waals surface area contributed by atoms with E-state index in [9.17, 15) is 9.59 Å². The smallest absolute Gasteiger partial charge is 0.270 e. The Labute approximate surface area is 140 Å². The molecule has 2 amide bonds. The quantitative estimate of drug-likeness (QED) is 0.868. The van der Waals surface area contributed by atoms with Gasteiger partial charge in [-0.3, -0.25) is 14.6 Å². The third kappa shape index (κ3) is 3.71. The average Bonchev–Trinajstić information content (AvgIpc) is 3.11. The van der Waals surface area contributed by atoms with E-state index in [0.717, 1.165) is 24.2 Å². The van der Waals surface area contributed by atoms with Crippen molar-refractivity contribution in [3.8, 4) is 0 Å². The minimum absolute atomic E-state index is 0.131. The summed E-state index contributed by atoms with van der Waals surface area (Å²) in [5.74, 6) is -0.618. The number of nitrogens with two attached hydrogens (primary N) is 1. The third-order valence-electron chi connectivity index (χ3n) is 4.23. The van der Waals surface area contributed by atoms with Crippen molar-refractivity contribution < 1.29 is 9.59 Å². The molecule has 1 saturated heterocycles. The minimum atomic E-state index is -0.271. The van der Waals surface area contributed by atoms with Crippen molar-refractivity contribution in [2.45, 2.75) is 13.0 Å². The van der Waals surface area contributed by atoms with E-state index in [1.807, 2.05) is 36.4 Å². The molecule has 0 radical (unpaired) electrons. The number of aromatic nitrogens is 1. The van der Waals surface area contributed by atoms with Crippen molar-refractivity contribution in [1.29, 1.82) is 0 Å². The molecule has 1 atom stereocenters. The van der Waals surface area contributed by atoms with Gasteiger partial charge in [-0.2, -0.15) is 0 Å². The van der Waals surface area contributed by atoms with E-state index in [1.165, 1.54) is 0 Å². The molecular formula is C18H20N4O2. The first-order valence-electron chi connectivity index (χ1n) is 7.96. The fraction of sp³-hybridized carbons (Fsp3) is 0.278. The minimum Gasteiger partial charge on any atom is -0.371 e. The van der Waals surface area contributed by atoms with Gasteiger partial charge in [-0.05, 0) is 24.1 Å². The molecule has 0 aliphatic carbocycles. The zero-order valence-electron chi connectivity index (χ0n) is 13.3. The maximum absolute atomic E-state index is 12.3. The summed E-state index contributed by atoms with van der Waals surface area (Å²) in [6.45, 7) is 1.80. The molecule has 3 N–H and O–H groups in total. The lowest BCUT2D eigenvalue weighted by atomic mass is 10.1. The van der Waals surface area contributed by atoms with Crippen LogP contribution in [0, 0.1) is 5.92 Å². The molecule has 2 heterocycles. The van der Waals surface area contributed by atoms with Crippen LogP contribution < -0.4 is 16.0 Å². The number of rotatable bonds is 5. The molecule has 1 aliphatic rings. The van der Waals surface area contributed by atoms with Gasteiger partial charge in [-0.25, -0.2) is 0 Å². The first kappa shape index (κ1) is 16.0. The van der Waals surface area contributed by atoms with Crippen LogP contribution in [0.15, 0.2) is 48.7 Å². The van der Waals surface area contributed by atoms with E-state index in [2.05, 4.69) is 15.2 Å². The van der Waals surface area contributed by atoms with Gasteiger partial charge in [0.05, 0.1) is 5.92 Å². The second-order valence-corrected chi connectivity index (χ2v) is 5.90. The second-order valence-electron chi connectivity index (χ2n) is 5.90. The van der Waals surface area contributed by atoms with Crippen LogP contribution in [-0.2, 0) is 11.3 Å². The van der Waals surface area contributed by atoms with Gasteiger partial charge in [-0.1, -0.05) is 30.3 Å². The average molecular weight is 324 g/mol. The van der Waals surface area contributed by atoms with Crippen LogP contribution in [-0.4, -0.2) is 29.9 Å². The summed E-state index contributed by atoms with van der Waals surface area (Å²) in [5, 5.41) is 2.87. The largest absolute Gasteiger partial charge is 0.371 e. The fourth-order valence-corrected chi connectivity index (χ4v) is 2.84. The van der Waals surface area contributed by atoms with Crippen LogP contribution in [0.5, 0.6) is 0 Å². The second kappa shape index (κ2) is 7.12. The molecule has 0 spiro atoms. The number of carbonyl (C=O) groups is 2. The van der Waals surface area contributed by atoms with Crippen molar-refractivity contribution in [3.05, 3.63) is 59.9 Å². The molecule has 6 nitrogen and oxygen atoms in total. The number of nitrogens with zero attached hydrogens (tertiary/aromatic N) is 2. The number of pyridine rings is 1. The SMILES string of the molecule is NC(=O)C1CCN(c2ccnc(C(=O)NCc3ccccc3)c2)C1. The van der Waals surface area contributed by atoms with Gasteiger partial charge in [0.1, 0.15) is 5.69 Å². The molecule has 1 aliphatic heterocycles. The molecule has 1 unspecified atom stereocenters. The molecule has 6 heteroatoms. The van der Waals surface area contributed by atoms with Crippen molar-refractivity contribution in [2.24, 2.45) is 11.7 Å². The standard InChI is InChI=1S/C18H20N4O2/c19-17(23)14-7-9-22(12-14)15-6-8-20-16(10-15)18(24)21-11-13-4-2-1-3-5-13/h1-6,8,10,14H,7,9,11-12H2,(H2,19,23)(H,21,24). The van der Waals surface area contributed by atoms with Crippen molar-refractivity contribution in [3.63, 3.8) is 0 Å². The number of benzene rings is 1. The van der Waals surface area contributed by atoms with Crippen molar-refractivity contribution >= 4 is 17.5 Å². The Morgan fingerprint density at radius 1 is 1.25 bits per heavy atom. The van der Waals surface area contributed by atoms with Gasteiger partial charge in [0.15, 0.2) is 0 Å². The van der Waals surface area contributed by atoms with Gasteiger partial charge in [-0.15, -0.1) is 0 Å². The Bertz CT molecular complexity index is 733. The Hall–Kier alpha value is -2.89. The zero-order chi connectivity index (χ0) is 16.9. The summed E-state index contributed by atoms with van der Waals surface area (Å²) in [5.41, 5.74) is 7.66. The number of primary amides is 1. The maximum Gasteiger partial charge on any atom is 0.270 e. The lowest BCUT2D eigenvalue weighted by Crippen LogP contribution is -2.28. The summed E-state index contributed by atoms with van der Waals surface area (Å²) in [6.07, 6.45) is 2.36. The third-order valence-corrected chi connectivity index (χ3v) is 4.23. The Morgan fingerprint density at radius 3 is 2.75 bits per heavy atom. The normalized spacial score (nSPS) is 16.8. The van der Waals surface area contributed by atoms with Gasteiger partial charge in [0.2, 0.25) is 5.91 Å². The highest BCUT2D eigenvalue weighted by Crippen LogP contribution is 2.23. The molecule has 3 rings (SSSR count). The molecule has 1 aromatic heterocycles. The molecule has 2 aromatic rings. The lowest BCUT2D eigenvalue weighted by molar-refractivity contribution is -0.121. The monoisotopic (exact) mass is 324 g/mol. The maximum atomic E-state index is 12.3. The van der Waals surface area contributed by atoms with E-state index in [-0.39, 0.29) is 17.7 Å². The summed E-state index contributed by atoms with van der Waals surface area (Å²) in [6, 6.07) is 13.3. The number of hydrogen-bond donors (Lipinski definition) is 2. The molecule has 0 saturated carbocycles. The highest BCUT2D eigenvalue weighted by Gasteiger charge is 2.27. The van der Waals surface area contributed by atoms with E-state index in [0.29, 0.717) is 18.8 Å². The topological polar surface area (TPSA) is 88.3 Å². The Morgan fingerprint density at radius 2 is 2.04 bits per heavy atom. The summed E-state index contributed by atoms with van der Waals surface area (Å²) >= 11 is 0. The Balaban J connectivity index is 1.64. The number of anilines is 1. The molecule has 1 fully saturated rings. The first-order valence-corrected chi connectivity index (χ1v) is 7.96. The number of nitrogens with one attached hydrogen (secondary N) is 1. The van der Waals surface area contributed by atoms with E-state index < -0.39 is 0 Å². The molecule has 1 aromatic carbocycles. The van der Waals surface area contributed by atoms with Crippen LogP contribution in [0.1, 0.15) is 22.5 Å². The van der Waals surface area contributed by atoms with Gasteiger partial charge in [0.25, 0.3) is 5.91 Å². The number of amides is 2. The highest BCUT2D eigenvalue weighted by atomic mass is 16.2. The number of hydrogen-bond acceptors (Lipinski definition) is 4. The van der Waals surface area contributed by atoms with Crippen molar-refractivity contribution in [2.75, 3.05) is 18.0 Å². The van der Waals surface area contributed by atoms with Crippen LogP contribution in [0.2, 0.25) is 0 Å². The van der Waals surface area contributed by atoms with E-state index >= 15 is 0 Å². The van der Waals surface area contributed by atoms with Gasteiger partial charge >= 0.3 is 0 Å². The van der Waals surface area contributed by atoms with Crippen molar-refractivity contribution in [1.82, 2.24) is 10.3 Å². The van der Waals surface area contributed by atoms with E-state index in [4.69, 9.17) is 5.73 Å². The van der Waals surface area contributed by atoms with Crippen LogP contribution in [0.25, 0.3) is 0 Å². The Kier molecular flexibility index (Phi) is 4.74. The van der Waals surface area contributed by atoms with Crippen LogP contribution in [0.3, 0.4) is 0 Å².